The van der Waals surface area contributed by atoms with Crippen molar-refractivity contribution in [3.05, 3.63) is 42.6 Å². The fraction of sp³-hybridized carbons (Fsp3) is 0.389. The van der Waals surface area contributed by atoms with Crippen molar-refractivity contribution in [2.45, 2.75) is 16.2 Å². The number of hydrogen-bond donors (Lipinski definition) is 2. The first-order valence-corrected chi connectivity index (χ1v) is 12.1. The predicted molar refractivity (Wildman–Crippen MR) is 112 cm³/mol. The molecule has 1 saturated heterocycles. The van der Waals surface area contributed by atoms with Crippen molar-refractivity contribution >= 4 is 31.6 Å². The molecular weight excluding hydrogens is 414 g/mol. The summed E-state index contributed by atoms with van der Waals surface area (Å²) in [4.78, 5) is 5.87. The van der Waals surface area contributed by atoms with Crippen LogP contribution in [0.2, 0.25) is 0 Å². The Bertz CT molecular complexity index is 1070. The van der Waals surface area contributed by atoms with Gasteiger partial charge < -0.3 is 10.2 Å². The molecular formula is C18H25N5O4S2. The lowest BCUT2D eigenvalue weighted by atomic mass is 10.1. The van der Waals surface area contributed by atoms with E-state index in [1.807, 2.05) is 23.1 Å². The van der Waals surface area contributed by atoms with Crippen LogP contribution in [0.1, 0.15) is 6.42 Å². The molecule has 0 radical (unpaired) electrons. The monoisotopic (exact) mass is 439 g/mol. The van der Waals surface area contributed by atoms with Gasteiger partial charge in [0.15, 0.2) is 0 Å². The lowest BCUT2D eigenvalue weighted by Crippen LogP contribution is -2.27. The van der Waals surface area contributed by atoms with E-state index in [1.165, 1.54) is 26.2 Å². The molecule has 11 heteroatoms. The number of anilines is 2. The Hall–Kier alpha value is -2.21. The van der Waals surface area contributed by atoms with Gasteiger partial charge in [0, 0.05) is 39.9 Å². The first-order valence-electron chi connectivity index (χ1n) is 9.08. The highest BCUT2D eigenvalue weighted by Crippen LogP contribution is 2.32. The van der Waals surface area contributed by atoms with Gasteiger partial charge in [-0.1, -0.05) is 6.07 Å². The molecule has 158 valence electrons. The van der Waals surface area contributed by atoms with Gasteiger partial charge in [0.25, 0.3) is 0 Å². The van der Waals surface area contributed by atoms with Gasteiger partial charge in [-0.05, 0) is 42.7 Å². The van der Waals surface area contributed by atoms with E-state index in [-0.39, 0.29) is 15.7 Å². The van der Waals surface area contributed by atoms with Gasteiger partial charge in [0.05, 0.1) is 10.6 Å². The average molecular weight is 440 g/mol. The smallest absolute Gasteiger partial charge is 0.242 e. The van der Waals surface area contributed by atoms with Crippen molar-refractivity contribution in [2.24, 2.45) is 11.1 Å². The van der Waals surface area contributed by atoms with Crippen LogP contribution in [0.15, 0.2) is 52.4 Å². The second-order valence-electron chi connectivity index (χ2n) is 7.16. The number of pyridine rings is 1. The topological polar surface area (TPSA) is 126 Å². The molecule has 9 nitrogen and oxygen atoms in total. The number of benzene rings is 1. The van der Waals surface area contributed by atoms with E-state index in [4.69, 9.17) is 5.14 Å². The maximum Gasteiger partial charge on any atom is 0.242 e. The molecule has 0 amide bonds. The second kappa shape index (κ2) is 8.27. The largest absolute Gasteiger partial charge is 0.370 e. The highest BCUT2D eigenvalue weighted by Gasteiger charge is 2.29. The van der Waals surface area contributed by atoms with Gasteiger partial charge in [0.1, 0.15) is 10.7 Å². The molecule has 3 rings (SSSR count). The third kappa shape index (κ3) is 4.86. The summed E-state index contributed by atoms with van der Waals surface area (Å²) >= 11 is 0. The van der Waals surface area contributed by atoms with E-state index >= 15 is 0 Å². The van der Waals surface area contributed by atoms with E-state index in [9.17, 15) is 16.8 Å². The molecule has 1 unspecified atom stereocenters. The SMILES string of the molecule is CN(C)S(=O)(=O)c1ccc(N2CCC(CNc3ccccn3)C2)c(S(N)(=O)=O)c1. The maximum absolute atomic E-state index is 12.4. The molecule has 1 aliphatic heterocycles. The maximum atomic E-state index is 12.4. The number of primary sulfonamides is 1. The van der Waals surface area contributed by atoms with Crippen molar-refractivity contribution in [1.82, 2.24) is 9.29 Å². The van der Waals surface area contributed by atoms with Crippen molar-refractivity contribution in [3.63, 3.8) is 0 Å². The molecule has 3 N–H and O–H groups in total. The zero-order valence-electron chi connectivity index (χ0n) is 16.3. The normalized spacial score (nSPS) is 17.7. The number of aromatic nitrogens is 1. The van der Waals surface area contributed by atoms with Gasteiger partial charge in [-0.3, -0.25) is 0 Å². The van der Waals surface area contributed by atoms with Crippen LogP contribution in [-0.2, 0) is 20.0 Å². The number of nitrogens with two attached hydrogens (primary N) is 1. The van der Waals surface area contributed by atoms with Crippen LogP contribution in [0.3, 0.4) is 0 Å². The summed E-state index contributed by atoms with van der Waals surface area (Å²) in [7, 11) is -5.10. The van der Waals surface area contributed by atoms with E-state index in [0.717, 1.165) is 22.6 Å². The summed E-state index contributed by atoms with van der Waals surface area (Å²) in [6, 6.07) is 9.70. The molecule has 1 atom stereocenters. The summed E-state index contributed by atoms with van der Waals surface area (Å²) in [5, 5.41) is 8.68. The summed E-state index contributed by atoms with van der Waals surface area (Å²) in [5.41, 5.74) is 0.422. The zero-order valence-corrected chi connectivity index (χ0v) is 17.9. The van der Waals surface area contributed by atoms with E-state index in [1.54, 1.807) is 6.20 Å². The van der Waals surface area contributed by atoms with Crippen LogP contribution < -0.4 is 15.4 Å². The molecule has 0 saturated carbocycles. The van der Waals surface area contributed by atoms with Crippen LogP contribution in [0.5, 0.6) is 0 Å². The Labute approximate surface area is 171 Å². The lowest BCUT2D eigenvalue weighted by Gasteiger charge is -2.22. The van der Waals surface area contributed by atoms with Crippen molar-refractivity contribution in [1.29, 1.82) is 0 Å². The minimum absolute atomic E-state index is 0.108. The Kier molecular flexibility index (Phi) is 6.13. The summed E-state index contributed by atoms with van der Waals surface area (Å²) in [5.74, 6) is 1.07. The molecule has 0 aliphatic carbocycles. The standard InChI is InChI=1S/C18H25N5O4S2/c1-22(2)29(26,27)15-6-7-16(17(11-15)28(19,24)25)23-10-8-14(13-23)12-21-18-5-3-4-9-20-18/h3-7,9,11,14H,8,10,12-13H2,1-2H3,(H,20,21)(H2,19,24,25). The summed E-state index contributed by atoms with van der Waals surface area (Å²) in [6.45, 7) is 1.98. The highest BCUT2D eigenvalue weighted by atomic mass is 32.2. The van der Waals surface area contributed by atoms with Gasteiger partial charge >= 0.3 is 0 Å². The summed E-state index contributed by atoms with van der Waals surface area (Å²) < 4.78 is 50.1. The Morgan fingerprint density at radius 2 is 1.97 bits per heavy atom. The third-order valence-corrected chi connectivity index (χ3v) is 7.63. The second-order valence-corrected chi connectivity index (χ2v) is 10.8. The van der Waals surface area contributed by atoms with Gasteiger partial charge in [-0.2, -0.15) is 0 Å². The van der Waals surface area contributed by atoms with Gasteiger partial charge in [-0.15, -0.1) is 0 Å². The molecule has 1 aliphatic rings. The van der Waals surface area contributed by atoms with E-state index in [0.29, 0.717) is 25.3 Å². The van der Waals surface area contributed by atoms with Gasteiger partial charge in [0.2, 0.25) is 20.0 Å². The predicted octanol–water partition coefficient (Wildman–Crippen LogP) is 0.918. The molecule has 1 aromatic carbocycles. The molecule has 2 aromatic rings. The number of hydrogen-bond acceptors (Lipinski definition) is 7. The fourth-order valence-corrected chi connectivity index (χ4v) is 5.07. The number of rotatable bonds is 7. The molecule has 1 fully saturated rings. The lowest BCUT2D eigenvalue weighted by molar-refractivity contribution is 0.520. The Balaban J connectivity index is 1.81. The highest BCUT2D eigenvalue weighted by molar-refractivity contribution is 7.90. The molecule has 1 aromatic heterocycles. The molecule has 0 spiro atoms. The van der Waals surface area contributed by atoms with Crippen LogP contribution in [0.4, 0.5) is 11.5 Å². The van der Waals surface area contributed by atoms with Crippen molar-refractivity contribution in [3.8, 4) is 0 Å². The minimum Gasteiger partial charge on any atom is -0.370 e. The van der Waals surface area contributed by atoms with Crippen LogP contribution in [-0.4, -0.2) is 59.9 Å². The average Bonchev–Trinajstić information content (AvgIpc) is 3.15. The Morgan fingerprint density at radius 1 is 1.21 bits per heavy atom. The van der Waals surface area contributed by atoms with Gasteiger partial charge in [-0.25, -0.2) is 31.3 Å². The Morgan fingerprint density at radius 3 is 2.59 bits per heavy atom. The van der Waals surface area contributed by atoms with Crippen LogP contribution in [0.25, 0.3) is 0 Å². The summed E-state index contributed by atoms with van der Waals surface area (Å²) in [6.07, 6.45) is 2.58. The zero-order chi connectivity index (χ0) is 21.2. The van der Waals surface area contributed by atoms with Crippen LogP contribution >= 0.6 is 0 Å². The van der Waals surface area contributed by atoms with Crippen LogP contribution in [0, 0.1) is 5.92 Å². The molecule has 29 heavy (non-hydrogen) atoms. The van der Waals surface area contributed by atoms with Crippen molar-refractivity contribution < 1.29 is 16.8 Å². The first-order chi connectivity index (χ1) is 13.6. The molecule has 0 bridgehead atoms. The third-order valence-electron chi connectivity index (χ3n) is 4.88. The number of nitrogens with zero attached hydrogens (tertiary/aromatic N) is 3. The quantitative estimate of drug-likeness (QED) is 0.657. The number of nitrogens with one attached hydrogen (secondary N) is 1. The fourth-order valence-electron chi connectivity index (χ4n) is 3.29. The van der Waals surface area contributed by atoms with Crippen molar-refractivity contribution in [2.75, 3.05) is 43.9 Å². The minimum atomic E-state index is -4.10. The van der Waals surface area contributed by atoms with E-state index in [2.05, 4.69) is 10.3 Å². The number of sulfonamides is 2. The molecule has 2 heterocycles. The first kappa shape index (κ1) is 21.5. The van der Waals surface area contributed by atoms with E-state index < -0.39 is 20.0 Å².